The molecule has 0 saturated carbocycles. The molecular weight excluding hydrogens is 320 g/mol. The number of amides is 1. The van der Waals surface area contributed by atoms with Crippen LogP contribution in [-0.4, -0.2) is 28.1 Å². The van der Waals surface area contributed by atoms with Gasteiger partial charge in [-0.2, -0.15) is 0 Å². The maximum atomic E-state index is 12.4. The van der Waals surface area contributed by atoms with Crippen LogP contribution >= 0.6 is 11.8 Å². The predicted molar refractivity (Wildman–Crippen MR) is 99.5 cm³/mol. The zero-order valence-corrected chi connectivity index (χ0v) is 14.6. The third-order valence-corrected chi connectivity index (χ3v) is 4.97. The summed E-state index contributed by atoms with van der Waals surface area (Å²) in [5.74, 6) is 0.132. The van der Waals surface area contributed by atoms with Gasteiger partial charge in [-0.25, -0.2) is 4.99 Å². The number of aryl methyl sites for hydroxylation is 2. The van der Waals surface area contributed by atoms with Crippen molar-refractivity contribution < 1.29 is 9.90 Å². The molecule has 0 aromatic heterocycles. The van der Waals surface area contributed by atoms with Crippen LogP contribution in [0.15, 0.2) is 52.4 Å². The summed E-state index contributed by atoms with van der Waals surface area (Å²) >= 11 is 1.36. The number of hydrogen-bond acceptors (Lipinski definition) is 4. The molecule has 0 atom stereocenters. The van der Waals surface area contributed by atoms with Gasteiger partial charge >= 0.3 is 0 Å². The summed E-state index contributed by atoms with van der Waals surface area (Å²) in [6.45, 7) is 4.11. The summed E-state index contributed by atoms with van der Waals surface area (Å²) in [6.07, 6.45) is 1.81. The zero-order chi connectivity index (χ0) is 17.3. The second kappa shape index (κ2) is 6.53. The summed E-state index contributed by atoms with van der Waals surface area (Å²) in [4.78, 5) is 19.2. The smallest absolute Gasteiger partial charge is 0.266 e. The van der Waals surface area contributed by atoms with E-state index < -0.39 is 0 Å². The average Bonchev–Trinajstić information content (AvgIpc) is 2.81. The number of amidine groups is 1. The highest BCUT2D eigenvalue weighted by Gasteiger charge is 2.30. The molecule has 2 aromatic rings. The van der Waals surface area contributed by atoms with Crippen molar-refractivity contribution in [1.29, 1.82) is 0 Å². The monoisotopic (exact) mass is 338 g/mol. The number of thioether (sulfide) groups is 1. The van der Waals surface area contributed by atoms with Gasteiger partial charge in [0.2, 0.25) is 0 Å². The van der Waals surface area contributed by atoms with Crippen LogP contribution in [-0.2, 0) is 4.79 Å². The number of hydrogen-bond donors (Lipinski definition) is 1. The average molecular weight is 338 g/mol. The fraction of sp³-hybridized carbons (Fsp3) is 0.158. The highest BCUT2D eigenvalue weighted by molar-refractivity contribution is 8.18. The van der Waals surface area contributed by atoms with Crippen LogP contribution in [0.25, 0.3) is 6.08 Å². The van der Waals surface area contributed by atoms with E-state index in [4.69, 9.17) is 0 Å². The van der Waals surface area contributed by atoms with Crippen LogP contribution in [0.5, 0.6) is 5.75 Å². The number of benzene rings is 2. The predicted octanol–water partition coefficient (Wildman–Crippen LogP) is 4.24. The molecule has 3 rings (SSSR count). The Kier molecular flexibility index (Phi) is 4.44. The molecule has 24 heavy (non-hydrogen) atoms. The van der Waals surface area contributed by atoms with Crippen LogP contribution in [0, 0.1) is 13.8 Å². The van der Waals surface area contributed by atoms with E-state index in [0.717, 1.165) is 11.3 Å². The van der Waals surface area contributed by atoms with E-state index in [9.17, 15) is 9.90 Å². The Bertz CT molecular complexity index is 854. The van der Waals surface area contributed by atoms with E-state index in [0.29, 0.717) is 10.1 Å². The minimum atomic E-state index is -0.0735. The van der Waals surface area contributed by atoms with Gasteiger partial charge in [-0.3, -0.25) is 9.69 Å². The molecule has 2 aromatic carbocycles. The highest BCUT2D eigenvalue weighted by Crippen LogP contribution is 2.33. The molecule has 1 fully saturated rings. The minimum absolute atomic E-state index is 0.0735. The molecule has 1 N–H and O–H groups in total. The molecular formula is C19H18N2O2S. The quantitative estimate of drug-likeness (QED) is 0.833. The van der Waals surface area contributed by atoms with Crippen molar-refractivity contribution >= 4 is 34.6 Å². The second-order valence-electron chi connectivity index (χ2n) is 5.73. The molecule has 1 aliphatic heterocycles. The maximum Gasteiger partial charge on any atom is 0.266 e. The van der Waals surface area contributed by atoms with Crippen LogP contribution < -0.4 is 0 Å². The van der Waals surface area contributed by atoms with Crippen molar-refractivity contribution in [3.05, 3.63) is 64.1 Å². The SMILES string of the molecule is Cc1ccc(N=C2S/C(=C\c3ccc(O)cc3)C(=O)N2C)cc1C. The summed E-state index contributed by atoms with van der Waals surface area (Å²) in [5.41, 5.74) is 4.10. The zero-order valence-electron chi connectivity index (χ0n) is 13.8. The van der Waals surface area contributed by atoms with Crippen molar-refractivity contribution in [3.8, 4) is 5.75 Å². The molecule has 1 amide bonds. The number of aromatic hydroxyl groups is 1. The molecule has 0 bridgehead atoms. The van der Waals surface area contributed by atoms with Crippen LogP contribution in [0.4, 0.5) is 5.69 Å². The van der Waals surface area contributed by atoms with Gasteiger partial charge in [0.15, 0.2) is 5.17 Å². The van der Waals surface area contributed by atoms with Crippen LogP contribution in [0.1, 0.15) is 16.7 Å². The Labute approximate surface area is 145 Å². The Balaban J connectivity index is 1.89. The van der Waals surface area contributed by atoms with E-state index >= 15 is 0 Å². The first-order valence-electron chi connectivity index (χ1n) is 7.56. The lowest BCUT2D eigenvalue weighted by molar-refractivity contribution is -0.121. The normalized spacial score (nSPS) is 18.0. The molecule has 1 aliphatic rings. The summed E-state index contributed by atoms with van der Waals surface area (Å²) in [5, 5.41) is 10.00. The largest absolute Gasteiger partial charge is 0.508 e. The molecule has 122 valence electrons. The van der Waals surface area contributed by atoms with Gasteiger partial charge < -0.3 is 5.11 Å². The lowest BCUT2D eigenvalue weighted by atomic mass is 10.1. The van der Waals surface area contributed by atoms with E-state index in [2.05, 4.69) is 11.9 Å². The number of phenolic OH excluding ortho intramolecular Hbond substituents is 1. The van der Waals surface area contributed by atoms with Gasteiger partial charge in [0.1, 0.15) is 5.75 Å². The van der Waals surface area contributed by atoms with Gasteiger partial charge in [-0.1, -0.05) is 18.2 Å². The first kappa shape index (κ1) is 16.3. The maximum absolute atomic E-state index is 12.4. The van der Waals surface area contributed by atoms with Crippen molar-refractivity contribution in [3.63, 3.8) is 0 Å². The van der Waals surface area contributed by atoms with Gasteiger partial charge in [-0.05, 0) is 72.6 Å². The fourth-order valence-electron chi connectivity index (χ4n) is 2.28. The standard InChI is InChI=1S/C19H18N2O2S/c1-12-4-7-15(10-13(12)2)20-19-21(3)18(23)17(24-19)11-14-5-8-16(22)9-6-14/h4-11,22H,1-3H3/b17-11-,20-19?. The molecule has 5 heteroatoms. The Morgan fingerprint density at radius 1 is 1.08 bits per heavy atom. The van der Waals surface area contributed by atoms with Gasteiger partial charge in [0, 0.05) is 7.05 Å². The van der Waals surface area contributed by atoms with Crippen molar-refractivity contribution in [2.45, 2.75) is 13.8 Å². The van der Waals surface area contributed by atoms with Crippen molar-refractivity contribution in [2.24, 2.45) is 4.99 Å². The molecule has 1 saturated heterocycles. The Morgan fingerprint density at radius 2 is 1.79 bits per heavy atom. The molecule has 0 radical (unpaired) electrons. The second-order valence-corrected chi connectivity index (χ2v) is 6.74. The molecule has 0 unspecified atom stereocenters. The summed E-state index contributed by atoms with van der Waals surface area (Å²) in [6, 6.07) is 12.7. The summed E-state index contributed by atoms with van der Waals surface area (Å²) in [7, 11) is 1.73. The van der Waals surface area contributed by atoms with Crippen molar-refractivity contribution in [2.75, 3.05) is 7.05 Å². The van der Waals surface area contributed by atoms with E-state index in [1.807, 2.05) is 31.2 Å². The Morgan fingerprint density at radius 3 is 2.46 bits per heavy atom. The fourth-order valence-corrected chi connectivity index (χ4v) is 3.27. The molecule has 0 spiro atoms. The third kappa shape index (κ3) is 3.36. The minimum Gasteiger partial charge on any atom is -0.508 e. The first-order chi connectivity index (χ1) is 11.4. The van der Waals surface area contributed by atoms with Gasteiger partial charge in [0.05, 0.1) is 10.6 Å². The first-order valence-corrected chi connectivity index (χ1v) is 8.38. The third-order valence-electron chi connectivity index (χ3n) is 3.91. The lowest BCUT2D eigenvalue weighted by Gasteiger charge is -2.08. The highest BCUT2D eigenvalue weighted by atomic mass is 32.2. The number of likely N-dealkylation sites (N-methyl/N-ethyl adjacent to an activating group) is 1. The number of nitrogens with zero attached hydrogens (tertiary/aromatic N) is 2. The number of aliphatic imine (C=N–C) groups is 1. The molecule has 4 nitrogen and oxygen atoms in total. The number of carbonyl (C=O) groups excluding carboxylic acids is 1. The van der Waals surface area contributed by atoms with Gasteiger partial charge in [0.25, 0.3) is 5.91 Å². The molecule has 0 aliphatic carbocycles. The van der Waals surface area contributed by atoms with Crippen LogP contribution in [0.2, 0.25) is 0 Å². The number of phenols is 1. The van der Waals surface area contributed by atoms with E-state index in [1.165, 1.54) is 22.9 Å². The van der Waals surface area contributed by atoms with E-state index in [1.54, 1.807) is 36.2 Å². The number of rotatable bonds is 2. The van der Waals surface area contributed by atoms with Crippen LogP contribution in [0.3, 0.4) is 0 Å². The topological polar surface area (TPSA) is 52.9 Å². The number of carbonyl (C=O) groups is 1. The van der Waals surface area contributed by atoms with Crippen molar-refractivity contribution in [1.82, 2.24) is 4.90 Å². The Hall–Kier alpha value is -2.53. The molecule has 1 heterocycles. The van der Waals surface area contributed by atoms with E-state index in [-0.39, 0.29) is 11.7 Å². The summed E-state index contributed by atoms with van der Waals surface area (Å²) < 4.78 is 0. The van der Waals surface area contributed by atoms with Gasteiger partial charge in [-0.15, -0.1) is 0 Å². The lowest BCUT2D eigenvalue weighted by Crippen LogP contribution is -2.23.